The highest BCUT2D eigenvalue weighted by molar-refractivity contribution is 6.02. The van der Waals surface area contributed by atoms with E-state index in [-0.39, 0.29) is 5.41 Å². The van der Waals surface area contributed by atoms with Crippen LogP contribution < -0.4 is 16.4 Å². The molecule has 32 heavy (non-hydrogen) atoms. The van der Waals surface area contributed by atoms with Crippen molar-refractivity contribution in [1.29, 1.82) is 0 Å². The molecule has 0 aliphatic carbocycles. The maximum absolute atomic E-state index is 12.3. The molecule has 9 nitrogen and oxygen atoms in total. The third-order valence-electron chi connectivity index (χ3n) is 4.89. The van der Waals surface area contributed by atoms with Crippen molar-refractivity contribution in [3.05, 3.63) is 48.6 Å². The van der Waals surface area contributed by atoms with Gasteiger partial charge in [-0.2, -0.15) is 0 Å². The molecule has 4 rings (SSSR count). The Kier molecular flexibility index (Phi) is 5.28. The van der Waals surface area contributed by atoms with Crippen LogP contribution in [0.5, 0.6) is 0 Å². The molecule has 4 N–H and O–H groups in total. The number of terminal acetylenes is 1. The van der Waals surface area contributed by atoms with Gasteiger partial charge in [-0.1, -0.05) is 44.0 Å². The lowest BCUT2D eigenvalue weighted by Crippen LogP contribution is -2.19. The van der Waals surface area contributed by atoms with Crippen LogP contribution in [0.1, 0.15) is 26.5 Å². The number of carbonyl (C=O) groups is 1. The van der Waals surface area contributed by atoms with Crippen LogP contribution in [0.4, 0.5) is 22.1 Å². The van der Waals surface area contributed by atoms with Crippen molar-refractivity contribution in [2.45, 2.75) is 32.7 Å². The second kappa shape index (κ2) is 8.07. The van der Waals surface area contributed by atoms with Crippen LogP contribution in [0, 0.1) is 12.3 Å². The normalized spacial score (nSPS) is 11.3. The number of amides is 2. The molecule has 0 saturated carbocycles. The van der Waals surface area contributed by atoms with Gasteiger partial charge >= 0.3 is 6.03 Å². The fraction of sp³-hybridized carbons (Fsp3) is 0.217. The molecule has 9 heteroatoms. The number of nitrogens with one attached hydrogen (secondary N) is 2. The average Bonchev–Trinajstić information content (AvgIpc) is 3.35. The number of rotatable bonds is 4. The maximum Gasteiger partial charge on any atom is 0.324 e. The zero-order valence-electron chi connectivity index (χ0n) is 18.0. The summed E-state index contributed by atoms with van der Waals surface area (Å²) in [6, 6.07) is 8.64. The van der Waals surface area contributed by atoms with E-state index in [4.69, 9.17) is 16.7 Å². The van der Waals surface area contributed by atoms with Crippen LogP contribution in [-0.4, -0.2) is 25.7 Å². The van der Waals surface area contributed by atoms with Gasteiger partial charge in [0.2, 0.25) is 0 Å². The van der Waals surface area contributed by atoms with Crippen LogP contribution in [0.3, 0.4) is 0 Å². The lowest BCUT2D eigenvalue weighted by atomic mass is 9.93. The SMILES string of the molecule is C#CCn1cc(-c2ccc(NC(=O)Nc3cc(C(C)(C)C)on3)cc2)c2c(N)ncnc21. The molecule has 0 unspecified atom stereocenters. The van der Waals surface area contributed by atoms with Gasteiger partial charge < -0.3 is 20.1 Å². The number of nitrogens with two attached hydrogens (primary N) is 1. The van der Waals surface area contributed by atoms with Gasteiger partial charge in [-0.3, -0.25) is 5.32 Å². The van der Waals surface area contributed by atoms with Crippen LogP contribution in [0.2, 0.25) is 0 Å². The first kappa shape index (κ1) is 20.9. The lowest BCUT2D eigenvalue weighted by molar-refractivity contribution is 0.262. The van der Waals surface area contributed by atoms with E-state index in [0.29, 0.717) is 35.3 Å². The molecule has 0 bridgehead atoms. The van der Waals surface area contributed by atoms with Crippen molar-refractivity contribution in [3.8, 4) is 23.5 Å². The molecule has 0 aliphatic heterocycles. The van der Waals surface area contributed by atoms with Crippen molar-refractivity contribution in [3.63, 3.8) is 0 Å². The number of anilines is 3. The smallest absolute Gasteiger partial charge is 0.324 e. The quantitative estimate of drug-likeness (QED) is 0.417. The van der Waals surface area contributed by atoms with Gasteiger partial charge in [0.05, 0.1) is 11.9 Å². The molecule has 3 aromatic heterocycles. The van der Waals surface area contributed by atoms with E-state index in [0.717, 1.165) is 16.5 Å². The molecule has 4 aromatic rings. The van der Waals surface area contributed by atoms with Gasteiger partial charge in [-0.05, 0) is 17.7 Å². The summed E-state index contributed by atoms with van der Waals surface area (Å²) in [5.74, 6) is 4.03. The van der Waals surface area contributed by atoms with E-state index >= 15 is 0 Å². The highest BCUT2D eigenvalue weighted by atomic mass is 16.5. The molecule has 0 aliphatic rings. The number of hydrogen-bond acceptors (Lipinski definition) is 6. The summed E-state index contributed by atoms with van der Waals surface area (Å²) in [6.07, 6.45) is 8.80. The van der Waals surface area contributed by atoms with E-state index in [1.165, 1.54) is 6.33 Å². The molecule has 0 atom stereocenters. The standard InChI is InChI=1S/C23H23N7O2/c1-5-10-30-12-16(19-20(24)25-13-26-21(19)30)14-6-8-15(9-7-14)27-22(31)28-18-11-17(32-29-18)23(2,3)4/h1,6-9,11-13H,10H2,2-4H3,(H2,24,25,26)(H2,27,28,29,31). The Hall–Kier alpha value is -4.32. The molecule has 2 amide bonds. The minimum Gasteiger partial charge on any atom is -0.383 e. The minimum atomic E-state index is -0.422. The largest absolute Gasteiger partial charge is 0.383 e. The molecule has 162 valence electrons. The molecular formula is C23H23N7O2. The number of benzene rings is 1. The third kappa shape index (κ3) is 4.11. The Balaban J connectivity index is 1.52. The lowest BCUT2D eigenvalue weighted by Gasteiger charge is -2.12. The van der Waals surface area contributed by atoms with Crippen LogP contribution >= 0.6 is 0 Å². The second-order valence-electron chi connectivity index (χ2n) is 8.32. The Bertz CT molecular complexity index is 1320. The summed E-state index contributed by atoms with van der Waals surface area (Å²) in [4.78, 5) is 20.8. The number of fused-ring (bicyclic) bond motifs is 1. The van der Waals surface area contributed by atoms with Gasteiger partial charge in [0, 0.05) is 28.9 Å². The zero-order valence-corrected chi connectivity index (χ0v) is 18.0. The fourth-order valence-electron chi connectivity index (χ4n) is 3.28. The predicted molar refractivity (Wildman–Crippen MR) is 124 cm³/mol. The first-order valence-electron chi connectivity index (χ1n) is 9.94. The predicted octanol–water partition coefficient (Wildman–Crippen LogP) is 4.24. The number of carbonyl (C=O) groups excluding carboxylic acids is 1. The first-order chi connectivity index (χ1) is 15.3. The van der Waals surface area contributed by atoms with Gasteiger partial charge in [-0.15, -0.1) is 6.42 Å². The summed E-state index contributed by atoms with van der Waals surface area (Å²) in [5, 5.41) is 10.1. The van der Waals surface area contributed by atoms with Gasteiger partial charge in [0.15, 0.2) is 5.82 Å². The average molecular weight is 429 g/mol. The van der Waals surface area contributed by atoms with Crippen LogP contribution in [0.15, 0.2) is 47.4 Å². The Morgan fingerprint density at radius 1 is 1.22 bits per heavy atom. The highest BCUT2D eigenvalue weighted by Gasteiger charge is 2.20. The van der Waals surface area contributed by atoms with E-state index in [2.05, 4.69) is 31.7 Å². The van der Waals surface area contributed by atoms with Gasteiger partial charge in [-0.25, -0.2) is 14.8 Å². The number of hydrogen-bond donors (Lipinski definition) is 3. The van der Waals surface area contributed by atoms with Crippen molar-refractivity contribution >= 4 is 34.4 Å². The summed E-state index contributed by atoms with van der Waals surface area (Å²) in [5.41, 5.74) is 8.95. The van der Waals surface area contributed by atoms with Gasteiger partial charge in [0.25, 0.3) is 0 Å². The molecule has 0 spiro atoms. The zero-order chi connectivity index (χ0) is 22.9. The molecular weight excluding hydrogens is 406 g/mol. The number of aromatic nitrogens is 4. The summed E-state index contributed by atoms with van der Waals surface area (Å²) in [7, 11) is 0. The van der Waals surface area contributed by atoms with Crippen molar-refractivity contribution in [1.82, 2.24) is 19.7 Å². The number of nitrogens with zero attached hydrogens (tertiary/aromatic N) is 4. The summed E-state index contributed by atoms with van der Waals surface area (Å²) in [6.45, 7) is 6.37. The minimum absolute atomic E-state index is 0.197. The maximum atomic E-state index is 12.3. The van der Waals surface area contributed by atoms with Crippen LogP contribution in [0.25, 0.3) is 22.2 Å². The van der Waals surface area contributed by atoms with E-state index in [9.17, 15) is 4.79 Å². The molecule has 1 aromatic carbocycles. The third-order valence-corrected chi connectivity index (χ3v) is 4.89. The summed E-state index contributed by atoms with van der Waals surface area (Å²) < 4.78 is 7.14. The number of urea groups is 1. The highest BCUT2D eigenvalue weighted by Crippen LogP contribution is 2.33. The van der Waals surface area contributed by atoms with E-state index < -0.39 is 6.03 Å². The number of nitrogen functional groups attached to an aromatic ring is 1. The first-order valence-corrected chi connectivity index (χ1v) is 9.94. The van der Waals surface area contributed by atoms with Crippen molar-refractivity contribution < 1.29 is 9.32 Å². The Morgan fingerprint density at radius 2 is 1.97 bits per heavy atom. The van der Waals surface area contributed by atoms with E-state index in [1.54, 1.807) is 18.2 Å². The van der Waals surface area contributed by atoms with E-state index in [1.807, 2.05) is 43.7 Å². The van der Waals surface area contributed by atoms with Gasteiger partial charge in [0.1, 0.15) is 23.6 Å². The second-order valence-corrected chi connectivity index (χ2v) is 8.32. The topological polar surface area (TPSA) is 124 Å². The molecule has 3 heterocycles. The monoisotopic (exact) mass is 429 g/mol. The molecule has 0 radical (unpaired) electrons. The Morgan fingerprint density at radius 3 is 2.62 bits per heavy atom. The molecule has 0 fully saturated rings. The van der Waals surface area contributed by atoms with Crippen molar-refractivity contribution in [2.75, 3.05) is 16.4 Å². The fourth-order valence-corrected chi connectivity index (χ4v) is 3.28. The summed E-state index contributed by atoms with van der Waals surface area (Å²) >= 11 is 0. The molecule has 0 saturated heterocycles. The van der Waals surface area contributed by atoms with Crippen molar-refractivity contribution in [2.24, 2.45) is 0 Å². The Labute approximate surface area is 185 Å². The van der Waals surface area contributed by atoms with Crippen LogP contribution in [-0.2, 0) is 12.0 Å².